The molecule has 17 heavy (non-hydrogen) atoms. The molecule has 3 nitrogen and oxygen atoms in total. The average molecular weight is 234 g/mol. The van der Waals surface area contributed by atoms with Crippen molar-refractivity contribution in [3.8, 4) is 0 Å². The third-order valence-electron chi connectivity index (χ3n) is 3.04. The van der Waals surface area contributed by atoms with E-state index in [1.54, 1.807) is 0 Å². The summed E-state index contributed by atoms with van der Waals surface area (Å²) in [7, 11) is 0. The van der Waals surface area contributed by atoms with Gasteiger partial charge < -0.3 is 9.47 Å². The highest BCUT2D eigenvalue weighted by molar-refractivity contribution is 5.83. The van der Waals surface area contributed by atoms with Crippen LogP contribution in [-0.4, -0.2) is 18.5 Å². The molecule has 1 fully saturated rings. The van der Waals surface area contributed by atoms with Gasteiger partial charge in [0, 0.05) is 17.9 Å². The Kier molecular flexibility index (Phi) is 3.92. The van der Waals surface area contributed by atoms with Gasteiger partial charge in [-0.25, -0.2) is 0 Å². The van der Waals surface area contributed by atoms with E-state index < -0.39 is 6.29 Å². The molecule has 92 valence electrons. The van der Waals surface area contributed by atoms with Crippen molar-refractivity contribution in [2.75, 3.05) is 6.61 Å². The highest BCUT2D eigenvalue weighted by Gasteiger charge is 2.33. The van der Waals surface area contributed by atoms with Gasteiger partial charge in [0.05, 0.1) is 6.61 Å². The average Bonchev–Trinajstić information content (AvgIpc) is 2.39. The summed E-state index contributed by atoms with van der Waals surface area (Å²) in [5, 5.41) is 0. The molecule has 1 aromatic carbocycles. The Morgan fingerprint density at radius 2 is 2.06 bits per heavy atom. The number of hydrogen-bond acceptors (Lipinski definition) is 3. The lowest BCUT2D eigenvalue weighted by atomic mass is 9.99. The topological polar surface area (TPSA) is 35.5 Å². The fourth-order valence-electron chi connectivity index (χ4n) is 2.01. The summed E-state index contributed by atoms with van der Waals surface area (Å²) in [6, 6.07) is 9.74. The molecule has 0 aliphatic carbocycles. The number of benzene rings is 1. The van der Waals surface area contributed by atoms with Crippen LogP contribution in [0.25, 0.3) is 0 Å². The lowest BCUT2D eigenvalue weighted by molar-refractivity contribution is -0.234. The zero-order valence-electron chi connectivity index (χ0n) is 10.3. The summed E-state index contributed by atoms with van der Waals surface area (Å²) in [5.41, 5.74) is 0.966. The third-order valence-corrected chi connectivity index (χ3v) is 3.04. The van der Waals surface area contributed by atoms with Crippen molar-refractivity contribution in [2.24, 2.45) is 5.92 Å². The van der Waals surface area contributed by atoms with E-state index in [0.717, 1.165) is 5.56 Å². The van der Waals surface area contributed by atoms with Gasteiger partial charge in [-0.05, 0) is 0 Å². The maximum Gasteiger partial charge on any atom is 0.184 e. The van der Waals surface area contributed by atoms with Crippen molar-refractivity contribution >= 4 is 5.78 Å². The quantitative estimate of drug-likeness (QED) is 0.806. The molecular formula is C14H18O3. The van der Waals surface area contributed by atoms with E-state index >= 15 is 0 Å². The van der Waals surface area contributed by atoms with Crippen LogP contribution in [0.4, 0.5) is 0 Å². The van der Waals surface area contributed by atoms with Gasteiger partial charge in [-0.15, -0.1) is 0 Å². The molecule has 0 radical (unpaired) electrons. The van der Waals surface area contributed by atoms with Gasteiger partial charge in [-0.1, -0.05) is 44.2 Å². The Morgan fingerprint density at radius 1 is 1.35 bits per heavy atom. The van der Waals surface area contributed by atoms with Gasteiger partial charge in [0.1, 0.15) is 6.10 Å². The highest BCUT2D eigenvalue weighted by atomic mass is 16.7. The number of ketones is 1. The van der Waals surface area contributed by atoms with Gasteiger partial charge in [0.2, 0.25) is 0 Å². The normalized spacial score (nSPS) is 28.9. The molecule has 1 heterocycles. The van der Waals surface area contributed by atoms with Gasteiger partial charge in [0.15, 0.2) is 12.1 Å². The first-order valence-electron chi connectivity index (χ1n) is 6.07. The van der Waals surface area contributed by atoms with Crippen LogP contribution in [0.3, 0.4) is 0 Å². The van der Waals surface area contributed by atoms with Crippen LogP contribution in [0.15, 0.2) is 30.3 Å². The summed E-state index contributed by atoms with van der Waals surface area (Å²) in [4.78, 5) is 11.8. The van der Waals surface area contributed by atoms with Gasteiger partial charge in [0.25, 0.3) is 0 Å². The Morgan fingerprint density at radius 3 is 2.71 bits per heavy atom. The zero-order valence-corrected chi connectivity index (χ0v) is 10.3. The Hall–Kier alpha value is -1.19. The molecule has 1 aromatic rings. The lowest BCUT2D eigenvalue weighted by Gasteiger charge is -2.34. The Labute approximate surface area is 102 Å². The third kappa shape index (κ3) is 2.73. The van der Waals surface area contributed by atoms with E-state index in [1.807, 2.05) is 44.2 Å². The van der Waals surface area contributed by atoms with Crippen LogP contribution < -0.4 is 0 Å². The van der Waals surface area contributed by atoms with Crippen LogP contribution in [0.5, 0.6) is 0 Å². The van der Waals surface area contributed by atoms with Gasteiger partial charge in [-0.3, -0.25) is 4.79 Å². The largest absolute Gasteiger partial charge is 0.348 e. The van der Waals surface area contributed by atoms with Crippen molar-refractivity contribution in [3.63, 3.8) is 0 Å². The van der Waals surface area contributed by atoms with Crippen molar-refractivity contribution in [2.45, 2.75) is 32.7 Å². The number of rotatable bonds is 3. The van der Waals surface area contributed by atoms with Gasteiger partial charge >= 0.3 is 0 Å². The van der Waals surface area contributed by atoms with E-state index in [-0.39, 0.29) is 17.8 Å². The molecule has 0 unspecified atom stereocenters. The van der Waals surface area contributed by atoms with E-state index in [9.17, 15) is 4.79 Å². The minimum atomic E-state index is -0.409. The summed E-state index contributed by atoms with van der Waals surface area (Å²) in [5.74, 6) is 0.282. The van der Waals surface area contributed by atoms with Crippen LogP contribution in [0.1, 0.15) is 32.1 Å². The van der Waals surface area contributed by atoms with E-state index in [4.69, 9.17) is 9.47 Å². The standard InChI is InChI=1S/C14H18O3/c1-3-12(15)13-10(2)9-16-14(17-13)11-7-5-4-6-8-11/h4-8,10,13-14H,3,9H2,1-2H3/t10-,13-,14-/m0/s1. The maximum atomic E-state index is 11.8. The summed E-state index contributed by atoms with van der Waals surface area (Å²) >= 11 is 0. The predicted molar refractivity (Wildman–Crippen MR) is 64.5 cm³/mol. The fraction of sp³-hybridized carbons (Fsp3) is 0.500. The van der Waals surface area contributed by atoms with Crippen molar-refractivity contribution in [3.05, 3.63) is 35.9 Å². The molecule has 0 spiro atoms. The fourth-order valence-corrected chi connectivity index (χ4v) is 2.01. The number of Topliss-reactive ketones (excluding diaryl/α,β-unsaturated/α-hetero) is 1. The lowest BCUT2D eigenvalue weighted by Crippen LogP contribution is -2.39. The first kappa shape index (κ1) is 12.3. The molecule has 0 saturated carbocycles. The second-order valence-electron chi connectivity index (χ2n) is 4.43. The van der Waals surface area contributed by atoms with Crippen LogP contribution in [-0.2, 0) is 14.3 Å². The number of carbonyl (C=O) groups excluding carboxylic acids is 1. The predicted octanol–water partition coefficient (Wildman–Crippen LogP) is 2.72. The van der Waals surface area contributed by atoms with E-state index in [1.165, 1.54) is 0 Å². The second kappa shape index (κ2) is 5.43. The molecule has 1 aliphatic heterocycles. The molecule has 3 heteroatoms. The minimum Gasteiger partial charge on any atom is -0.348 e. The molecule has 0 N–H and O–H groups in total. The minimum absolute atomic E-state index is 0.127. The number of hydrogen-bond donors (Lipinski definition) is 0. The molecular weight excluding hydrogens is 216 g/mol. The van der Waals surface area contributed by atoms with Crippen LogP contribution >= 0.6 is 0 Å². The first-order valence-corrected chi connectivity index (χ1v) is 6.07. The molecule has 3 atom stereocenters. The SMILES string of the molecule is CCC(=O)[C@H]1O[C@@H](c2ccccc2)OC[C@@H]1C. The smallest absolute Gasteiger partial charge is 0.184 e. The molecule has 2 rings (SSSR count). The zero-order chi connectivity index (χ0) is 12.3. The maximum absolute atomic E-state index is 11.8. The van der Waals surface area contributed by atoms with Crippen LogP contribution in [0.2, 0.25) is 0 Å². The summed E-state index contributed by atoms with van der Waals surface area (Å²) in [6.07, 6.45) is -0.233. The Bertz CT molecular complexity index is 374. The molecule has 1 aliphatic rings. The van der Waals surface area contributed by atoms with Crippen LogP contribution in [0, 0.1) is 5.92 Å². The molecule has 0 bridgehead atoms. The van der Waals surface area contributed by atoms with Crippen molar-refractivity contribution in [1.82, 2.24) is 0 Å². The number of carbonyl (C=O) groups is 1. The van der Waals surface area contributed by atoms with Crippen molar-refractivity contribution in [1.29, 1.82) is 0 Å². The monoisotopic (exact) mass is 234 g/mol. The van der Waals surface area contributed by atoms with E-state index in [0.29, 0.717) is 13.0 Å². The highest BCUT2D eigenvalue weighted by Crippen LogP contribution is 2.29. The first-order chi connectivity index (χ1) is 8.22. The van der Waals surface area contributed by atoms with E-state index in [2.05, 4.69) is 0 Å². The molecule has 0 aromatic heterocycles. The summed E-state index contributed by atoms with van der Waals surface area (Å²) < 4.78 is 11.4. The number of ether oxygens (including phenoxy) is 2. The molecule has 1 saturated heterocycles. The Balaban J connectivity index is 2.10. The summed E-state index contributed by atoms with van der Waals surface area (Å²) in [6.45, 7) is 4.42. The molecule has 0 amide bonds. The second-order valence-corrected chi connectivity index (χ2v) is 4.43. The van der Waals surface area contributed by atoms with Crippen molar-refractivity contribution < 1.29 is 14.3 Å². The van der Waals surface area contributed by atoms with Gasteiger partial charge in [-0.2, -0.15) is 0 Å².